The second-order valence-corrected chi connectivity index (χ2v) is 7.25. The average Bonchev–Trinajstić information content (AvgIpc) is 3.21. The third kappa shape index (κ3) is 5.19. The standard InChI is InChI=1S/C19H25N3OS.ClH/c1-3-14-8-10-16(11-9-14)20-18(23)12-17-13-24-19(22(17)2)21-15-6-4-5-7-15;/h8-11,13,15H,3-7,12H2,1-2H3,(H,20,23);1H. The van der Waals surface area contributed by atoms with Gasteiger partial charge in [0, 0.05) is 23.8 Å². The summed E-state index contributed by atoms with van der Waals surface area (Å²) in [5.41, 5.74) is 3.14. The molecular weight excluding hydrogens is 354 g/mol. The highest BCUT2D eigenvalue weighted by Gasteiger charge is 2.14. The van der Waals surface area contributed by atoms with Gasteiger partial charge >= 0.3 is 0 Å². The van der Waals surface area contributed by atoms with Crippen molar-refractivity contribution in [2.45, 2.75) is 51.5 Å². The molecule has 1 heterocycles. The van der Waals surface area contributed by atoms with Crippen molar-refractivity contribution in [3.8, 4) is 0 Å². The van der Waals surface area contributed by atoms with Gasteiger partial charge in [-0.2, -0.15) is 0 Å². The van der Waals surface area contributed by atoms with Crippen LogP contribution in [0.15, 0.2) is 34.6 Å². The topological polar surface area (TPSA) is 46.4 Å². The molecule has 1 aliphatic rings. The molecule has 1 saturated carbocycles. The number of amides is 1. The molecule has 1 amide bonds. The van der Waals surface area contributed by atoms with Crippen LogP contribution in [0.1, 0.15) is 43.9 Å². The van der Waals surface area contributed by atoms with E-state index < -0.39 is 0 Å². The van der Waals surface area contributed by atoms with Crippen LogP contribution in [-0.2, 0) is 24.7 Å². The maximum Gasteiger partial charge on any atom is 0.230 e. The normalized spacial score (nSPS) is 15.2. The number of hydrogen-bond acceptors (Lipinski definition) is 3. The molecule has 0 aliphatic heterocycles. The van der Waals surface area contributed by atoms with Crippen molar-refractivity contribution >= 4 is 35.3 Å². The monoisotopic (exact) mass is 379 g/mol. The first kappa shape index (κ1) is 19.7. The average molecular weight is 380 g/mol. The molecule has 3 rings (SSSR count). The molecule has 1 fully saturated rings. The minimum absolute atomic E-state index is 0. The van der Waals surface area contributed by atoms with Gasteiger partial charge in [0.25, 0.3) is 0 Å². The second-order valence-electron chi connectivity index (χ2n) is 6.41. The van der Waals surface area contributed by atoms with E-state index in [9.17, 15) is 4.79 Å². The maximum absolute atomic E-state index is 12.3. The lowest BCUT2D eigenvalue weighted by Gasteiger charge is -2.07. The number of aromatic nitrogens is 1. The van der Waals surface area contributed by atoms with E-state index in [0.717, 1.165) is 22.6 Å². The highest BCUT2D eigenvalue weighted by atomic mass is 35.5. The van der Waals surface area contributed by atoms with Gasteiger partial charge in [-0.1, -0.05) is 31.9 Å². The molecule has 0 saturated heterocycles. The van der Waals surface area contributed by atoms with Gasteiger partial charge in [-0.15, -0.1) is 23.7 Å². The predicted molar refractivity (Wildman–Crippen MR) is 107 cm³/mol. The molecule has 6 heteroatoms. The van der Waals surface area contributed by atoms with Crippen molar-refractivity contribution in [1.82, 2.24) is 4.57 Å². The summed E-state index contributed by atoms with van der Waals surface area (Å²) in [6.45, 7) is 2.12. The van der Waals surface area contributed by atoms with Crippen molar-refractivity contribution < 1.29 is 4.79 Å². The molecule has 4 nitrogen and oxygen atoms in total. The molecule has 1 aliphatic carbocycles. The quantitative estimate of drug-likeness (QED) is 0.835. The minimum Gasteiger partial charge on any atom is -0.326 e. The van der Waals surface area contributed by atoms with Crippen molar-refractivity contribution in [2.24, 2.45) is 12.0 Å². The zero-order valence-electron chi connectivity index (χ0n) is 14.8. The van der Waals surface area contributed by atoms with Crippen LogP contribution in [-0.4, -0.2) is 16.5 Å². The fraction of sp³-hybridized carbons (Fsp3) is 0.474. The molecule has 0 unspecified atom stereocenters. The summed E-state index contributed by atoms with van der Waals surface area (Å²) in [7, 11) is 2.00. The molecule has 0 bridgehead atoms. The van der Waals surface area contributed by atoms with Gasteiger partial charge in [-0.25, -0.2) is 0 Å². The molecule has 136 valence electrons. The van der Waals surface area contributed by atoms with Crippen LogP contribution in [0.25, 0.3) is 0 Å². The number of hydrogen-bond donors (Lipinski definition) is 1. The van der Waals surface area contributed by atoms with Crippen LogP contribution in [0.3, 0.4) is 0 Å². The number of nitrogens with zero attached hydrogens (tertiary/aromatic N) is 2. The van der Waals surface area contributed by atoms with Gasteiger partial charge in [0.1, 0.15) is 0 Å². The van der Waals surface area contributed by atoms with Crippen molar-refractivity contribution in [3.05, 3.63) is 45.7 Å². The van der Waals surface area contributed by atoms with E-state index in [2.05, 4.69) is 28.9 Å². The van der Waals surface area contributed by atoms with Crippen LogP contribution in [0.2, 0.25) is 0 Å². The summed E-state index contributed by atoms with van der Waals surface area (Å²) in [5, 5.41) is 5.02. The minimum atomic E-state index is 0. The molecule has 0 radical (unpaired) electrons. The van der Waals surface area contributed by atoms with E-state index in [1.807, 2.05) is 24.6 Å². The summed E-state index contributed by atoms with van der Waals surface area (Å²) >= 11 is 1.63. The van der Waals surface area contributed by atoms with Gasteiger partial charge in [0.2, 0.25) is 5.91 Å². The maximum atomic E-state index is 12.3. The van der Waals surface area contributed by atoms with Gasteiger partial charge in [0.15, 0.2) is 4.80 Å². The number of halogens is 1. The van der Waals surface area contributed by atoms with Crippen LogP contribution < -0.4 is 10.1 Å². The van der Waals surface area contributed by atoms with E-state index in [4.69, 9.17) is 4.99 Å². The van der Waals surface area contributed by atoms with E-state index >= 15 is 0 Å². The van der Waals surface area contributed by atoms with E-state index in [-0.39, 0.29) is 18.3 Å². The number of carbonyl (C=O) groups excluding carboxylic acids is 1. The first-order valence-electron chi connectivity index (χ1n) is 8.71. The Kier molecular flexibility index (Phi) is 7.26. The van der Waals surface area contributed by atoms with Crippen molar-refractivity contribution in [1.29, 1.82) is 0 Å². The van der Waals surface area contributed by atoms with E-state index in [1.165, 1.54) is 31.2 Å². The number of nitrogens with one attached hydrogen (secondary N) is 1. The summed E-state index contributed by atoms with van der Waals surface area (Å²) in [6, 6.07) is 8.50. The summed E-state index contributed by atoms with van der Waals surface area (Å²) in [4.78, 5) is 18.2. The number of aryl methyl sites for hydroxylation is 1. The second kappa shape index (κ2) is 9.20. The summed E-state index contributed by atoms with van der Waals surface area (Å²) in [5.74, 6) is 0.0139. The Morgan fingerprint density at radius 1 is 1.28 bits per heavy atom. The number of thiazole rings is 1. The number of anilines is 1. The van der Waals surface area contributed by atoms with Crippen LogP contribution in [0.4, 0.5) is 5.69 Å². The molecule has 0 spiro atoms. The Labute approximate surface area is 159 Å². The fourth-order valence-electron chi connectivity index (χ4n) is 3.06. The highest BCUT2D eigenvalue weighted by Crippen LogP contribution is 2.20. The van der Waals surface area contributed by atoms with Gasteiger partial charge in [-0.05, 0) is 37.0 Å². The Bertz CT molecular complexity index is 758. The Hall–Kier alpha value is -1.59. The molecule has 1 aromatic carbocycles. The molecule has 2 aromatic rings. The van der Waals surface area contributed by atoms with Crippen LogP contribution in [0, 0.1) is 0 Å². The first-order chi connectivity index (χ1) is 11.7. The summed E-state index contributed by atoms with van der Waals surface area (Å²) < 4.78 is 2.06. The molecule has 0 atom stereocenters. The van der Waals surface area contributed by atoms with Crippen molar-refractivity contribution in [3.63, 3.8) is 0 Å². The molecule has 1 aromatic heterocycles. The smallest absolute Gasteiger partial charge is 0.230 e. The number of carbonyl (C=O) groups is 1. The van der Waals surface area contributed by atoms with Crippen LogP contribution in [0.5, 0.6) is 0 Å². The van der Waals surface area contributed by atoms with Gasteiger partial charge in [0.05, 0.1) is 12.5 Å². The van der Waals surface area contributed by atoms with Gasteiger partial charge < -0.3 is 9.88 Å². The zero-order chi connectivity index (χ0) is 16.9. The lowest BCUT2D eigenvalue weighted by Crippen LogP contribution is -2.20. The molecular formula is C19H26ClN3OS. The third-order valence-corrected chi connectivity index (χ3v) is 5.60. The Morgan fingerprint density at radius 3 is 2.60 bits per heavy atom. The van der Waals surface area contributed by atoms with E-state index in [0.29, 0.717) is 12.5 Å². The highest BCUT2D eigenvalue weighted by molar-refractivity contribution is 7.07. The summed E-state index contributed by atoms with van der Waals surface area (Å²) in [6.07, 6.45) is 6.35. The largest absolute Gasteiger partial charge is 0.326 e. The van der Waals surface area contributed by atoms with Crippen molar-refractivity contribution in [2.75, 3.05) is 5.32 Å². The molecule has 25 heavy (non-hydrogen) atoms. The Balaban J connectivity index is 0.00000225. The van der Waals surface area contributed by atoms with E-state index in [1.54, 1.807) is 11.3 Å². The third-order valence-electron chi connectivity index (χ3n) is 4.62. The number of benzene rings is 1. The lowest BCUT2D eigenvalue weighted by molar-refractivity contribution is -0.115. The molecule has 1 N–H and O–H groups in total. The predicted octanol–water partition coefficient (Wildman–Crippen LogP) is 4.10. The lowest BCUT2D eigenvalue weighted by atomic mass is 10.1. The van der Waals surface area contributed by atoms with Crippen LogP contribution >= 0.6 is 23.7 Å². The first-order valence-corrected chi connectivity index (χ1v) is 9.59. The fourth-order valence-corrected chi connectivity index (χ4v) is 4.03. The zero-order valence-corrected chi connectivity index (χ0v) is 16.5. The number of rotatable bonds is 5. The Morgan fingerprint density at radius 2 is 1.96 bits per heavy atom. The van der Waals surface area contributed by atoms with Gasteiger partial charge in [-0.3, -0.25) is 9.79 Å². The SMILES string of the molecule is CCc1ccc(NC(=O)Cc2csc(=NC3CCCC3)n2C)cc1.Cl.